The van der Waals surface area contributed by atoms with E-state index in [0.717, 1.165) is 17.9 Å². The smallest absolute Gasteiger partial charge is 0.00964 e. The molecule has 2 heteroatoms. The Morgan fingerprint density at radius 1 is 0.733 bits per heavy atom. The van der Waals surface area contributed by atoms with E-state index in [1.165, 1.54) is 64.7 Å². The maximum absolute atomic E-state index is 3.48. The number of likely N-dealkylation sites (tertiary alicyclic amines) is 1. The minimum Gasteiger partial charge on any atom is -0.317 e. The molecule has 0 unspecified atom stereocenters. The van der Waals surface area contributed by atoms with Crippen molar-refractivity contribution in [1.82, 2.24) is 10.2 Å². The molecular weight excluding hydrogens is 184 g/mol. The Morgan fingerprint density at radius 2 is 1.33 bits per heavy atom. The van der Waals surface area contributed by atoms with Crippen LogP contribution in [0.15, 0.2) is 0 Å². The Morgan fingerprint density at radius 3 is 1.93 bits per heavy atom. The highest BCUT2D eigenvalue weighted by molar-refractivity contribution is 4.89. The second kappa shape index (κ2) is 4.42. The fraction of sp³-hybridized carbons (Fsp3) is 1.00. The molecule has 3 aliphatic rings. The molecule has 0 radical (unpaired) electrons. The van der Waals surface area contributed by atoms with E-state index in [1.807, 2.05) is 0 Å². The third-order valence-corrected chi connectivity index (χ3v) is 4.69. The van der Waals surface area contributed by atoms with Crippen molar-refractivity contribution in [2.24, 2.45) is 11.8 Å². The van der Waals surface area contributed by atoms with Gasteiger partial charge in [0.05, 0.1) is 0 Å². The SMILES string of the molecule is C1CC(C2CCN(C3CC3)CC2)CCN1. The van der Waals surface area contributed by atoms with Gasteiger partial charge in [0.15, 0.2) is 0 Å². The van der Waals surface area contributed by atoms with Crippen molar-refractivity contribution in [3.63, 3.8) is 0 Å². The first-order chi connectivity index (χ1) is 7.43. The average molecular weight is 208 g/mol. The average Bonchev–Trinajstić information content (AvgIpc) is 3.15. The quantitative estimate of drug-likeness (QED) is 0.745. The highest BCUT2D eigenvalue weighted by Gasteiger charge is 2.34. The summed E-state index contributed by atoms with van der Waals surface area (Å²) < 4.78 is 0. The summed E-state index contributed by atoms with van der Waals surface area (Å²) in [5.74, 6) is 2.11. The summed E-state index contributed by atoms with van der Waals surface area (Å²) in [7, 11) is 0. The second-order valence-electron chi connectivity index (χ2n) is 5.69. The Kier molecular flexibility index (Phi) is 2.98. The predicted octanol–water partition coefficient (Wildman–Crippen LogP) is 1.86. The summed E-state index contributed by atoms with van der Waals surface area (Å²) >= 11 is 0. The molecular formula is C13H24N2. The third-order valence-electron chi connectivity index (χ3n) is 4.69. The van der Waals surface area contributed by atoms with Crippen LogP contribution in [-0.4, -0.2) is 37.1 Å². The zero-order valence-electron chi connectivity index (χ0n) is 9.75. The molecule has 0 aromatic carbocycles. The Labute approximate surface area is 93.4 Å². The Balaban J connectivity index is 1.47. The molecule has 2 saturated heterocycles. The van der Waals surface area contributed by atoms with Crippen LogP contribution in [0.25, 0.3) is 0 Å². The van der Waals surface area contributed by atoms with Crippen LogP contribution in [0.3, 0.4) is 0 Å². The number of nitrogens with zero attached hydrogens (tertiary/aromatic N) is 1. The second-order valence-corrected chi connectivity index (χ2v) is 5.69. The van der Waals surface area contributed by atoms with Crippen molar-refractivity contribution < 1.29 is 0 Å². The van der Waals surface area contributed by atoms with Gasteiger partial charge in [0, 0.05) is 6.04 Å². The van der Waals surface area contributed by atoms with E-state index in [9.17, 15) is 0 Å². The van der Waals surface area contributed by atoms with E-state index in [1.54, 1.807) is 0 Å². The van der Waals surface area contributed by atoms with Crippen LogP contribution in [0.2, 0.25) is 0 Å². The van der Waals surface area contributed by atoms with Crippen molar-refractivity contribution in [2.75, 3.05) is 26.2 Å². The molecule has 0 atom stereocenters. The Hall–Kier alpha value is -0.0800. The van der Waals surface area contributed by atoms with Crippen LogP contribution in [0, 0.1) is 11.8 Å². The van der Waals surface area contributed by atoms with Gasteiger partial charge in [-0.05, 0) is 76.5 Å². The molecule has 0 spiro atoms. The summed E-state index contributed by atoms with van der Waals surface area (Å²) in [6, 6.07) is 0.999. The fourth-order valence-corrected chi connectivity index (χ4v) is 3.51. The van der Waals surface area contributed by atoms with Gasteiger partial charge in [-0.1, -0.05) is 0 Å². The van der Waals surface area contributed by atoms with Gasteiger partial charge in [-0.2, -0.15) is 0 Å². The molecule has 1 aliphatic carbocycles. The fourth-order valence-electron chi connectivity index (χ4n) is 3.51. The van der Waals surface area contributed by atoms with Crippen molar-refractivity contribution in [3.8, 4) is 0 Å². The lowest BCUT2D eigenvalue weighted by Gasteiger charge is -2.37. The van der Waals surface area contributed by atoms with Gasteiger partial charge in [-0.15, -0.1) is 0 Å². The monoisotopic (exact) mass is 208 g/mol. The molecule has 2 aliphatic heterocycles. The highest BCUT2D eigenvalue weighted by atomic mass is 15.2. The third kappa shape index (κ3) is 2.36. The largest absolute Gasteiger partial charge is 0.317 e. The maximum atomic E-state index is 3.48. The number of rotatable bonds is 2. The summed E-state index contributed by atoms with van der Waals surface area (Å²) in [5, 5.41) is 3.48. The molecule has 1 saturated carbocycles. The summed E-state index contributed by atoms with van der Waals surface area (Å²) in [5.41, 5.74) is 0. The first-order valence-corrected chi connectivity index (χ1v) is 6.88. The molecule has 15 heavy (non-hydrogen) atoms. The van der Waals surface area contributed by atoms with Gasteiger partial charge in [-0.3, -0.25) is 0 Å². The molecule has 86 valence electrons. The van der Waals surface area contributed by atoms with Crippen LogP contribution < -0.4 is 5.32 Å². The van der Waals surface area contributed by atoms with E-state index in [4.69, 9.17) is 0 Å². The molecule has 0 aromatic rings. The number of hydrogen-bond acceptors (Lipinski definition) is 2. The van der Waals surface area contributed by atoms with Crippen LogP contribution in [-0.2, 0) is 0 Å². The molecule has 2 nitrogen and oxygen atoms in total. The topological polar surface area (TPSA) is 15.3 Å². The molecule has 3 fully saturated rings. The van der Waals surface area contributed by atoms with E-state index in [2.05, 4.69) is 10.2 Å². The first-order valence-electron chi connectivity index (χ1n) is 6.88. The van der Waals surface area contributed by atoms with Crippen LogP contribution in [0.5, 0.6) is 0 Å². The highest BCUT2D eigenvalue weighted by Crippen LogP contribution is 2.35. The predicted molar refractivity (Wildman–Crippen MR) is 62.9 cm³/mol. The summed E-state index contributed by atoms with van der Waals surface area (Å²) in [4.78, 5) is 2.75. The minimum absolute atomic E-state index is 0.999. The normalized spacial score (nSPS) is 32.0. The van der Waals surface area contributed by atoms with Gasteiger partial charge in [0.1, 0.15) is 0 Å². The van der Waals surface area contributed by atoms with Crippen LogP contribution in [0.1, 0.15) is 38.5 Å². The molecule has 0 aromatic heterocycles. The summed E-state index contributed by atoms with van der Waals surface area (Å²) in [6.07, 6.45) is 8.82. The Bertz CT molecular complexity index is 199. The zero-order valence-corrected chi connectivity index (χ0v) is 9.75. The van der Waals surface area contributed by atoms with E-state index in [0.29, 0.717) is 0 Å². The van der Waals surface area contributed by atoms with E-state index >= 15 is 0 Å². The molecule has 1 N–H and O–H groups in total. The van der Waals surface area contributed by atoms with Crippen molar-refractivity contribution in [3.05, 3.63) is 0 Å². The van der Waals surface area contributed by atoms with Gasteiger partial charge in [-0.25, -0.2) is 0 Å². The van der Waals surface area contributed by atoms with Crippen molar-refractivity contribution in [2.45, 2.75) is 44.6 Å². The van der Waals surface area contributed by atoms with Crippen molar-refractivity contribution >= 4 is 0 Å². The first kappa shape index (κ1) is 10.1. The summed E-state index contributed by atoms with van der Waals surface area (Å²) in [6.45, 7) is 5.35. The minimum atomic E-state index is 0.999. The molecule has 3 rings (SSSR count). The van der Waals surface area contributed by atoms with Gasteiger partial charge >= 0.3 is 0 Å². The molecule has 0 bridgehead atoms. The van der Waals surface area contributed by atoms with E-state index in [-0.39, 0.29) is 0 Å². The molecule has 2 heterocycles. The van der Waals surface area contributed by atoms with Crippen LogP contribution >= 0.6 is 0 Å². The lowest BCUT2D eigenvalue weighted by molar-refractivity contribution is 0.125. The van der Waals surface area contributed by atoms with Gasteiger partial charge < -0.3 is 10.2 Å². The van der Waals surface area contributed by atoms with E-state index < -0.39 is 0 Å². The van der Waals surface area contributed by atoms with Crippen molar-refractivity contribution in [1.29, 1.82) is 0 Å². The number of piperidine rings is 2. The van der Waals surface area contributed by atoms with Gasteiger partial charge in [0.2, 0.25) is 0 Å². The number of nitrogens with one attached hydrogen (secondary N) is 1. The maximum Gasteiger partial charge on any atom is 0.00964 e. The van der Waals surface area contributed by atoms with Gasteiger partial charge in [0.25, 0.3) is 0 Å². The molecule has 0 amide bonds. The number of hydrogen-bond donors (Lipinski definition) is 1. The zero-order chi connectivity index (χ0) is 10.1. The lowest BCUT2D eigenvalue weighted by Crippen LogP contribution is -2.40. The van der Waals surface area contributed by atoms with Crippen LogP contribution in [0.4, 0.5) is 0 Å². The lowest BCUT2D eigenvalue weighted by atomic mass is 9.79. The standard InChI is InChI=1S/C13H24N2/c1-2-13(1)15-9-5-12(6-10-15)11-3-7-14-8-4-11/h11-14H,1-10H2.